The monoisotopic (exact) mass is 180 g/mol. The molecule has 0 fully saturated rings. The van der Waals surface area contributed by atoms with Crippen LogP contribution in [-0.4, -0.2) is 5.78 Å². The smallest absolute Gasteiger partial charge is 0.139 e. The van der Waals surface area contributed by atoms with E-state index in [0.29, 0.717) is 12.2 Å². The number of allylic oxidation sites excluding steroid dienone is 4. The lowest BCUT2D eigenvalue weighted by molar-refractivity contribution is -0.121. The summed E-state index contributed by atoms with van der Waals surface area (Å²) < 4.78 is 0. The topological polar surface area (TPSA) is 17.1 Å². The van der Waals surface area contributed by atoms with E-state index < -0.39 is 0 Å². The van der Waals surface area contributed by atoms with Gasteiger partial charge in [-0.05, 0) is 12.8 Å². The van der Waals surface area contributed by atoms with Gasteiger partial charge in [0, 0.05) is 12.3 Å². The summed E-state index contributed by atoms with van der Waals surface area (Å²) in [5.74, 6) is 0.478. The molecule has 0 atom stereocenters. The van der Waals surface area contributed by atoms with Crippen LogP contribution in [0.3, 0.4) is 0 Å². The van der Waals surface area contributed by atoms with E-state index in [1.54, 1.807) is 0 Å². The minimum absolute atomic E-state index is 0.163. The Morgan fingerprint density at radius 2 is 1.77 bits per heavy atom. The molecule has 0 saturated heterocycles. The van der Waals surface area contributed by atoms with Gasteiger partial charge in [-0.2, -0.15) is 0 Å². The molecule has 0 aliphatic rings. The van der Waals surface area contributed by atoms with E-state index >= 15 is 0 Å². The molecule has 0 saturated carbocycles. The van der Waals surface area contributed by atoms with Crippen LogP contribution in [0.2, 0.25) is 0 Å². The first-order chi connectivity index (χ1) is 6.18. The van der Waals surface area contributed by atoms with Gasteiger partial charge in [0.05, 0.1) is 0 Å². The highest BCUT2D eigenvalue weighted by Gasteiger charge is 2.02. The molecule has 0 radical (unpaired) electrons. The van der Waals surface area contributed by atoms with E-state index in [4.69, 9.17) is 0 Å². The summed E-state index contributed by atoms with van der Waals surface area (Å²) in [6.45, 7) is 5.99. The zero-order valence-corrected chi connectivity index (χ0v) is 8.92. The Labute approximate surface area is 81.5 Å². The second kappa shape index (κ2) is 7.78. The summed E-state index contributed by atoms with van der Waals surface area (Å²) >= 11 is 0. The number of Topliss-reactive ketones (excluding diaryl/α,β-unsaturated/α-hetero) is 1. The molecule has 1 heteroatoms. The Morgan fingerprint density at radius 3 is 2.31 bits per heavy atom. The predicted octanol–water partition coefficient (Wildman–Crippen LogP) is 3.51. The molecule has 13 heavy (non-hydrogen) atoms. The van der Waals surface area contributed by atoms with Crippen molar-refractivity contribution in [3.05, 3.63) is 24.3 Å². The molecule has 74 valence electrons. The fourth-order valence-corrected chi connectivity index (χ4v) is 0.873. The third kappa shape index (κ3) is 7.51. The number of carbonyl (C=O) groups excluding carboxylic acids is 1. The van der Waals surface area contributed by atoms with Gasteiger partial charge in [-0.1, -0.05) is 45.1 Å². The van der Waals surface area contributed by atoms with Crippen LogP contribution in [0, 0.1) is 5.92 Å². The van der Waals surface area contributed by atoms with Crippen molar-refractivity contribution in [2.24, 2.45) is 5.92 Å². The maximum absolute atomic E-state index is 11.2. The highest BCUT2D eigenvalue weighted by atomic mass is 16.1. The van der Waals surface area contributed by atoms with Crippen molar-refractivity contribution in [1.29, 1.82) is 0 Å². The normalized spacial score (nSPS) is 12.0. The fourth-order valence-electron chi connectivity index (χ4n) is 0.873. The molecular weight excluding hydrogens is 160 g/mol. The molecule has 0 bridgehead atoms. The molecule has 1 nitrogen and oxygen atoms in total. The minimum atomic E-state index is 0.163. The van der Waals surface area contributed by atoms with Crippen LogP contribution < -0.4 is 0 Å². The van der Waals surface area contributed by atoms with Crippen molar-refractivity contribution in [2.75, 3.05) is 0 Å². The van der Waals surface area contributed by atoms with Gasteiger partial charge in [0.2, 0.25) is 0 Å². The summed E-state index contributed by atoms with van der Waals surface area (Å²) in [4.78, 5) is 11.2. The fraction of sp³-hybridized carbons (Fsp3) is 0.583. The summed E-state index contributed by atoms with van der Waals surface area (Å²) in [6.07, 6.45) is 10.9. The largest absolute Gasteiger partial charge is 0.299 e. The molecule has 0 aliphatic heterocycles. The summed E-state index contributed by atoms with van der Waals surface area (Å²) in [5, 5.41) is 0. The van der Waals surface area contributed by atoms with Crippen molar-refractivity contribution in [3.63, 3.8) is 0 Å². The number of ketones is 1. The molecule has 0 heterocycles. The first-order valence-electron chi connectivity index (χ1n) is 5.01. The van der Waals surface area contributed by atoms with Crippen LogP contribution in [-0.2, 0) is 4.79 Å². The average Bonchev–Trinajstić information content (AvgIpc) is 2.10. The van der Waals surface area contributed by atoms with E-state index in [9.17, 15) is 4.79 Å². The molecule has 0 aromatic carbocycles. The van der Waals surface area contributed by atoms with Gasteiger partial charge < -0.3 is 0 Å². The Balaban J connectivity index is 3.52. The third-order valence-corrected chi connectivity index (χ3v) is 1.80. The van der Waals surface area contributed by atoms with Gasteiger partial charge >= 0.3 is 0 Å². The second-order valence-corrected chi connectivity index (χ2v) is 3.41. The molecule has 0 amide bonds. The van der Waals surface area contributed by atoms with E-state index in [2.05, 4.69) is 19.1 Å². The van der Waals surface area contributed by atoms with Crippen molar-refractivity contribution >= 4 is 5.78 Å². The van der Waals surface area contributed by atoms with Crippen LogP contribution in [0.4, 0.5) is 0 Å². The van der Waals surface area contributed by atoms with Gasteiger partial charge in [-0.3, -0.25) is 4.79 Å². The quantitative estimate of drug-likeness (QED) is 0.572. The van der Waals surface area contributed by atoms with Gasteiger partial charge in [-0.15, -0.1) is 0 Å². The molecule has 0 aromatic rings. The summed E-state index contributed by atoms with van der Waals surface area (Å²) in [7, 11) is 0. The van der Waals surface area contributed by atoms with Crippen LogP contribution >= 0.6 is 0 Å². The van der Waals surface area contributed by atoms with Crippen molar-refractivity contribution in [2.45, 2.75) is 40.0 Å². The molecule has 0 aliphatic carbocycles. The Morgan fingerprint density at radius 1 is 1.15 bits per heavy atom. The van der Waals surface area contributed by atoms with E-state index in [1.807, 2.05) is 26.0 Å². The summed E-state index contributed by atoms with van der Waals surface area (Å²) in [5.41, 5.74) is 0. The first kappa shape index (κ1) is 12.2. The van der Waals surface area contributed by atoms with Crippen LogP contribution in [0.5, 0.6) is 0 Å². The minimum Gasteiger partial charge on any atom is -0.299 e. The molecule has 0 rings (SSSR count). The standard InChI is InChI=1S/C12H20O/c1-4-5-6-7-8-9-10-12(13)11(2)3/h5-6,8-9,11H,4,7,10H2,1-3H3/b6-5-,9-8-. The van der Waals surface area contributed by atoms with Gasteiger partial charge in [-0.25, -0.2) is 0 Å². The number of carbonyl (C=O) groups is 1. The summed E-state index contributed by atoms with van der Waals surface area (Å²) in [6, 6.07) is 0. The molecule has 0 unspecified atom stereocenters. The van der Waals surface area contributed by atoms with E-state index in [0.717, 1.165) is 12.8 Å². The zero-order valence-electron chi connectivity index (χ0n) is 8.92. The lowest BCUT2D eigenvalue weighted by atomic mass is 10.1. The maximum Gasteiger partial charge on any atom is 0.139 e. The number of rotatable bonds is 6. The predicted molar refractivity (Wildman–Crippen MR) is 57.7 cm³/mol. The van der Waals surface area contributed by atoms with Crippen molar-refractivity contribution in [1.82, 2.24) is 0 Å². The second-order valence-electron chi connectivity index (χ2n) is 3.41. The Kier molecular flexibility index (Phi) is 7.27. The van der Waals surface area contributed by atoms with Crippen LogP contribution in [0.15, 0.2) is 24.3 Å². The van der Waals surface area contributed by atoms with E-state index in [1.165, 1.54) is 0 Å². The zero-order chi connectivity index (χ0) is 10.1. The molecule has 0 spiro atoms. The van der Waals surface area contributed by atoms with Crippen molar-refractivity contribution in [3.8, 4) is 0 Å². The maximum atomic E-state index is 11.2. The highest BCUT2D eigenvalue weighted by molar-refractivity contribution is 5.81. The van der Waals surface area contributed by atoms with Gasteiger partial charge in [0.15, 0.2) is 0 Å². The first-order valence-corrected chi connectivity index (χ1v) is 5.01. The lowest BCUT2D eigenvalue weighted by Gasteiger charge is -1.98. The van der Waals surface area contributed by atoms with Crippen LogP contribution in [0.25, 0.3) is 0 Å². The van der Waals surface area contributed by atoms with Crippen LogP contribution in [0.1, 0.15) is 40.0 Å². The Hall–Kier alpha value is -0.850. The van der Waals surface area contributed by atoms with E-state index in [-0.39, 0.29) is 5.92 Å². The highest BCUT2D eigenvalue weighted by Crippen LogP contribution is 2.00. The SMILES string of the molecule is CC/C=C\C/C=C\CC(=O)C(C)C. The number of hydrogen-bond acceptors (Lipinski definition) is 1. The lowest BCUT2D eigenvalue weighted by Crippen LogP contribution is -2.04. The average molecular weight is 180 g/mol. The van der Waals surface area contributed by atoms with Gasteiger partial charge in [0.25, 0.3) is 0 Å². The molecule has 0 aromatic heterocycles. The van der Waals surface area contributed by atoms with Crippen molar-refractivity contribution < 1.29 is 4.79 Å². The Bertz CT molecular complexity index is 187. The number of hydrogen-bond donors (Lipinski definition) is 0. The van der Waals surface area contributed by atoms with Gasteiger partial charge in [0.1, 0.15) is 5.78 Å². The third-order valence-electron chi connectivity index (χ3n) is 1.80. The molecular formula is C12H20O. The molecule has 0 N–H and O–H groups in total.